The number of benzene rings is 1. The molecule has 0 radical (unpaired) electrons. The highest BCUT2D eigenvalue weighted by molar-refractivity contribution is 9.10. The zero-order chi connectivity index (χ0) is 12.8. The molecule has 1 amide bonds. The summed E-state index contributed by atoms with van der Waals surface area (Å²) in [5, 5.41) is 2.72. The molecule has 0 saturated heterocycles. The van der Waals surface area contributed by atoms with Gasteiger partial charge in [-0.3, -0.25) is 4.79 Å². The first-order chi connectivity index (χ1) is 8.06. The molecule has 0 saturated carbocycles. The Morgan fingerprint density at radius 3 is 2.88 bits per heavy atom. The van der Waals surface area contributed by atoms with Crippen molar-refractivity contribution in [3.8, 4) is 0 Å². The summed E-state index contributed by atoms with van der Waals surface area (Å²) in [6, 6.07) is 4.39. The monoisotopic (exact) mass is 303 g/mol. The Balaban J connectivity index is 2.70. The van der Waals surface area contributed by atoms with Gasteiger partial charge in [-0.1, -0.05) is 6.07 Å². The van der Waals surface area contributed by atoms with Gasteiger partial charge in [-0.05, 0) is 41.4 Å². The number of amides is 1. The van der Waals surface area contributed by atoms with Crippen molar-refractivity contribution in [3.63, 3.8) is 0 Å². The number of carbonyl (C=O) groups is 1. The molecule has 0 aliphatic rings. The van der Waals surface area contributed by atoms with E-state index in [0.29, 0.717) is 17.5 Å². The number of nitrogens with one attached hydrogen (secondary N) is 1. The molecule has 5 heteroatoms. The van der Waals surface area contributed by atoms with Crippen LogP contribution in [0.3, 0.4) is 0 Å². The molecule has 1 aromatic rings. The molecule has 1 rings (SSSR count). The first-order valence-electron chi connectivity index (χ1n) is 5.30. The lowest BCUT2D eigenvalue weighted by atomic mass is 10.1. The average Bonchev–Trinajstić information content (AvgIpc) is 2.26. The van der Waals surface area contributed by atoms with Crippen molar-refractivity contribution >= 4 is 21.8 Å². The Morgan fingerprint density at radius 2 is 2.29 bits per heavy atom. The van der Waals surface area contributed by atoms with E-state index in [0.717, 1.165) is 0 Å². The average molecular weight is 304 g/mol. The minimum Gasteiger partial charge on any atom is -0.385 e. The van der Waals surface area contributed by atoms with Gasteiger partial charge >= 0.3 is 0 Å². The topological polar surface area (TPSA) is 38.3 Å². The summed E-state index contributed by atoms with van der Waals surface area (Å²) in [7, 11) is 1.60. The summed E-state index contributed by atoms with van der Waals surface area (Å²) < 4.78 is 18.9. The Morgan fingerprint density at radius 1 is 1.59 bits per heavy atom. The quantitative estimate of drug-likeness (QED) is 0.908. The molecule has 0 aliphatic carbocycles. The van der Waals surface area contributed by atoms with Crippen LogP contribution in [0.25, 0.3) is 0 Å². The van der Waals surface area contributed by atoms with Crippen molar-refractivity contribution in [1.82, 2.24) is 5.32 Å². The fourth-order valence-corrected chi connectivity index (χ4v) is 1.90. The number of carbonyl (C=O) groups excluding carboxylic acids is 1. The molecule has 1 atom stereocenters. The number of methoxy groups -OCH3 is 1. The third-order valence-electron chi connectivity index (χ3n) is 2.32. The highest BCUT2D eigenvalue weighted by Gasteiger charge is 2.16. The summed E-state index contributed by atoms with van der Waals surface area (Å²) in [5.41, 5.74) is 0.0387. The zero-order valence-electron chi connectivity index (χ0n) is 9.80. The lowest BCUT2D eigenvalue weighted by Gasteiger charge is -2.14. The van der Waals surface area contributed by atoms with Crippen molar-refractivity contribution in [2.24, 2.45) is 0 Å². The van der Waals surface area contributed by atoms with Gasteiger partial charge in [0.1, 0.15) is 5.82 Å². The minimum atomic E-state index is -0.532. The summed E-state index contributed by atoms with van der Waals surface area (Å²) in [4.78, 5) is 11.8. The van der Waals surface area contributed by atoms with E-state index in [9.17, 15) is 9.18 Å². The fourth-order valence-electron chi connectivity index (χ4n) is 1.38. The van der Waals surface area contributed by atoms with Gasteiger partial charge < -0.3 is 10.1 Å². The van der Waals surface area contributed by atoms with Crippen molar-refractivity contribution in [1.29, 1.82) is 0 Å². The first kappa shape index (κ1) is 14.1. The SMILES string of the molecule is COCCC(C)NC(=O)c1c(F)cccc1Br. The highest BCUT2D eigenvalue weighted by Crippen LogP contribution is 2.19. The molecule has 0 bridgehead atoms. The summed E-state index contributed by atoms with van der Waals surface area (Å²) in [6.45, 7) is 2.41. The molecule has 0 fully saturated rings. The van der Waals surface area contributed by atoms with Gasteiger partial charge in [0.25, 0.3) is 5.91 Å². The summed E-state index contributed by atoms with van der Waals surface area (Å²) in [6.07, 6.45) is 0.689. The molecule has 1 aromatic carbocycles. The molecule has 0 aliphatic heterocycles. The second-order valence-corrected chi connectivity index (χ2v) is 4.61. The van der Waals surface area contributed by atoms with E-state index in [2.05, 4.69) is 21.2 Å². The molecule has 0 spiro atoms. The Hall–Kier alpha value is -0.940. The first-order valence-corrected chi connectivity index (χ1v) is 6.09. The Kier molecular flexibility index (Phi) is 5.58. The minimum absolute atomic E-state index is 0.0387. The Labute approximate surface area is 108 Å². The van der Waals surface area contributed by atoms with Crippen LogP contribution in [0.4, 0.5) is 4.39 Å². The predicted octanol–water partition coefficient (Wildman–Crippen LogP) is 2.74. The van der Waals surface area contributed by atoms with Crippen LogP contribution in [0.1, 0.15) is 23.7 Å². The highest BCUT2D eigenvalue weighted by atomic mass is 79.9. The van der Waals surface area contributed by atoms with E-state index in [4.69, 9.17) is 4.74 Å². The van der Waals surface area contributed by atoms with Crippen LogP contribution in [0.15, 0.2) is 22.7 Å². The summed E-state index contributed by atoms with van der Waals surface area (Å²) in [5.74, 6) is -0.950. The second-order valence-electron chi connectivity index (χ2n) is 3.75. The van der Waals surface area contributed by atoms with Gasteiger partial charge in [0.2, 0.25) is 0 Å². The van der Waals surface area contributed by atoms with Crippen LogP contribution < -0.4 is 5.32 Å². The van der Waals surface area contributed by atoms with E-state index in [-0.39, 0.29) is 11.6 Å². The van der Waals surface area contributed by atoms with E-state index < -0.39 is 11.7 Å². The third kappa shape index (κ3) is 4.09. The lowest BCUT2D eigenvalue weighted by Crippen LogP contribution is -2.34. The van der Waals surface area contributed by atoms with Crippen LogP contribution in [0, 0.1) is 5.82 Å². The van der Waals surface area contributed by atoms with E-state index in [1.54, 1.807) is 19.2 Å². The van der Waals surface area contributed by atoms with Crippen molar-refractivity contribution in [2.45, 2.75) is 19.4 Å². The van der Waals surface area contributed by atoms with E-state index >= 15 is 0 Å². The Bertz CT molecular complexity index is 378. The van der Waals surface area contributed by atoms with Crippen LogP contribution in [-0.4, -0.2) is 25.7 Å². The molecule has 0 aromatic heterocycles. The van der Waals surface area contributed by atoms with Gasteiger partial charge in [0, 0.05) is 24.2 Å². The van der Waals surface area contributed by atoms with Gasteiger partial charge in [0.15, 0.2) is 0 Å². The molecular formula is C12H15BrFNO2. The maximum Gasteiger partial charge on any atom is 0.255 e. The van der Waals surface area contributed by atoms with Crippen molar-refractivity contribution in [3.05, 3.63) is 34.1 Å². The van der Waals surface area contributed by atoms with Gasteiger partial charge in [-0.15, -0.1) is 0 Å². The van der Waals surface area contributed by atoms with Crippen LogP contribution >= 0.6 is 15.9 Å². The number of hydrogen-bond donors (Lipinski definition) is 1. The van der Waals surface area contributed by atoms with Gasteiger partial charge in [0.05, 0.1) is 5.56 Å². The molecule has 1 N–H and O–H groups in total. The molecule has 94 valence electrons. The number of ether oxygens (including phenoxy) is 1. The number of hydrogen-bond acceptors (Lipinski definition) is 2. The third-order valence-corrected chi connectivity index (χ3v) is 2.98. The second kappa shape index (κ2) is 6.71. The predicted molar refractivity (Wildman–Crippen MR) is 67.5 cm³/mol. The van der Waals surface area contributed by atoms with Crippen molar-refractivity contribution < 1.29 is 13.9 Å². The maximum atomic E-state index is 13.5. The molecule has 1 unspecified atom stereocenters. The molecular weight excluding hydrogens is 289 g/mol. The molecule has 3 nitrogen and oxygen atoms in total. The molecule has 0 heterocycles. The normalized spacial score (nSPS) is 12.2. The van der Waals surface area contributed by atoms with Crippen LogP contribution in [0.2, 0.25) is 0 Å². The lowest BCUT2D eigenvalue weighted by molar-refractivity contribution is 0.0924. The standard InChI is InChI=1S/C12H15BrFNO2/c1-8(6-7-17-2)15-12(16)11-9(13)4-3-5-10(11)14/h3-5,8H,6-7H2,1-2H3,(H,15,16). The number of halogens is 2. The van der Waals surface area contributed by atoms with E-state index in [1.807, 2.05) is 6.92 Å². The van der Waals surface area contributed by atoms with Crippen LogP contribution in [-0.2, 0) is 4.74 Å². The van der Waals surface area contributed by atoms with Gasteiger partial charge in [-0.2, -0.15) is 0 Å². The molecule has 17 heavy (non-hydrogen) atoms. The number of rotatable bonds is 5. The van der Waals surface area contributed by atoms with Crippen molar-refractivity contribution in [2.75, 3.05) is 13.7 Å². The zero-order valence-corrected chi connectivity index (χ0v) is 11.4. The largest absolute Gasteiger partial charge is 0.385 e. The smallest absolute Gasteiger partial charge is 0.255 e. The fraction of sp³-hybridized carbons (Fsp3) is 0.417. The summed E-state index contributed by atoms with van der Waals surface area (Å²) >= 11 is 3.16. The van der Waals surface area contributed by atoms with Gasteiger partial charge in [-0.25, -0.2) is 4.39 Å². The maximum absolute atomic E-state index is 13.5. The van der Waals surface area contributed by atoms with E-state index in [1.165, 1.54) is 6.07 Å². The van der Waals surface area contributed by atoms with Crippen LogP contribution in [0.5, 0.6) is 0 Å².